The maximum absolute atomic E-state index is 5.33. The van der Waals surface area contributed by atoms with E-state index < -0.39 is 0 Å². The van der Waals surface area contributed by atoms with Crippen LogP contribution in [-0.2, 0) is 0 Å². The third-order valence-corrected chi connectivity index (χ3v) is 3.05. The summed E-state index contributed by atoms with van der Waals surface area (Å²) < 4.78 is 6.41. The first kappa shape index (κ1) is 9.53. The first-order valence-corrected chi connectivity index (χ1v) is 5.25. The van der Waals surface area contributed by atoms with E-state index in [0.717, 1.165) is 15.6 Å². The van der Waals surface area contributed by atoms with E-state index in [9.17, 15) is 0 Å². The van der Waals surface area contributed by atoms with Gasteiger partial charge in [0.15, 0.2) is 0 Å². The number of hydrogen-bond acceptors (Lipinski definition) is 1. The molecule has 2 heteroatoms. The molecule has 0 aromatic heterocycles. The summed E-state index contributed by atoms with van der Waals surface area (Å²) in [6.45, 7) is 2.11. The smallest absolute Gasteiger partial charge is 0.127 e. The average molecular weight is 251 g/mol. The molecule has 2 aromatic rings. The molecule has 0 atom stereocenters. The number of methoxy groups -OCH3 is 1. The monoisotopic (exact) mass is 250 g/mol. The van der Waals surface area contributed by atoms with E-state index in [4.69, 9.17) is 4.74 Å². The molecule has 0 aliphatic heterocycles. The van der Waals surface area contributed by atoms with Gasteiger partial charge in [-0.2, -0.15) is 0 Å². The van der Waals surface area contributed by atoms with Crippen molar-refractivity contribution in [1.29, 1.82) is 0 Å². The zero-order valence-corrected chi connectivity index (χ0v) is 9.76. The maximum atomic E-state index is 5.33. The standard InChI is InChI=1S/C12H11BrO/c1-8-6-7-10(13)12-9(8)4-3-5-11(12)14-2/h3-7H,1-2H3. The molecule has 14 heavy (non-hydrogen) atoms. The zero-order chi connectivity index (χ0) is 10.1. The molecule has 0 aliphatic rings. The molecule has 0 N–H and O–H groups in total. The number of benzene rings is 2. The van der Waals surface area contributed by atoms with Crippen LogP contribution < -0.4 is 4.74 Å². The molecule has 0 spiro atoms. The van der Waals surface area contributed by atoms with Gasteiger partial charge in [-0.1, -0.05) is 34.1 Å². The van der Waals surface area contributed by atoms with E-state index in [-0.39, 0.29) is 0 Å². The summed E-state index contributed by atoms with van der Waals surface area (Å²) in [4.78, 5) is 0. The lowest BCUT2D eigenvalue weighted by Crippen LogP contribution is -1.87. The Morgan fingerprint density at radius 1 is 1.14 bits per heavy atom. The van der Waals surface area contributed by atoms with E-state index in [0.29, 0.717) is 0 Å². The van der Waals surface area contributed by atoms with Gasteiger partial charge in [0, 0.05) is 9.86 Å². The van der Waals surface area contributed by atoms with Gasteiger partial charge in [0.1, 0.15) is 5.75 Å². The summed E-state index contributed by atoms with van der Waals surface area (Å²) in [6, 6.07) is 10.3. The minimum Gasteiger partial charge on any atom is -0.496 e. The lowest BCUT2D eigenvalue weighted by Gasteiger charge is -2.08. The Balaban J connectivity index is 2.92. The number of fused-ring (bicyclic) bond motifs is 1. The van der Waals surface area contributed by atoms with Gasteiger partial charge in [-0.15, -0.1) is 0 Å². The summed E-state index contributed by atoms with van der Waals surface area (Å²) in [5.41, 5.74) is 1.27. The molecule has 0 bridgehead atoms. The van der Waals surface area contributed by atoms with Gasteiger partial charge in [-0.25, -0.2) is 0 Å². The van der Waals surface area contributed by atoms with Gasteiger partial charge in [0.05, 0.1) is 7.11 Å². The van der Waals surface area contributed by atoms with E-state index in [1.807, 2.05) is 12.1 Å². The van der Waals surface area contributed by atoms with Crippen molar-refractivity contribution in [2.45, 2.75) is 6.92 Å². The van der Waals surface area contributed by atoms with Crippen molar-refractivity contribution in [2.24, 2.45) is 0 Å². The van der Waals surface area contributed by atoms with E-state index in [1.165, 1.54) is 10.9 Å². The van der Waals surface area contributed by atoms with Crippen LogP contribution in [0.3, 0.4) is 0 Å². The Hall–Kier alpha value is -1.02. The lowest BCUT2D eigenvalue weighted by atomic mass is 10.1. The highest BCUT2D eigenvalue weighted by Crippen LogP contribution is 2.33. The van der Waals surface area contributed by atoms with E-state index in [2.05, 4.69) is 41.1 Å². The van der Waals surface area contributed by atoms with Crippen molar-refractivity contribution >= 4 is 26.7 Å². The molecule has 0 amide bonds. The van der Waals surface area contributed by atoms with Gasteiger partial charge in [-0.05, 0) is 30.0 Å². The Morgan fingerprint density at radius 2 is 1.93 bits per heavy atom. The Kier molecular flexibility index (Phi) is 2.46. The van der Waals surface area contributed by atoms with Gasteiger partial charge in [-0.3, -0.25) is 0 Å². The second-order valence-corrected chi connectivity index (χ2v) is 4.10. The zero-order valence-electron chi connectivity index (χ0n) is 8.17. The molecule has 2 rings (SSSR count). The first-order valence-electron chi connectivity index (χ1n) is 4.46. The summed E-state index contributed by atoms with van der Waals surface area (Å²) in [5, 5.41) is 2.38. The van der Waals surface area contributed by atoms with Gasteiger partial charge < -0.3 is 4.74 Å². The highest BCUT2D eigenvalue weighted by Gasteiger charge is 2.06. The van der Waals surface area contributed by atoms with Crippen molar-refractivity contribution < 1.29 is 4.74 Å². The third kappa shape index (κ3) is 1.40. The molecule has 1 nitrogen and oxygen atoms in total. The van der Waals surface area contributed by atoms with Crippen LogP contribution in [0.1, 0.15) is 5.56 Å². The highest BCUT2D eigenvalue weighted by atomic mass is 79.9. The van der Waals surface area contributed by atoms with Gasteiger partial charge in [0.25, 0.3) is 0 Å². The number of rotatable bonds is 1. The molecular weight excluding hydrogens is 240 g/mol. The second kappa shape index (κ2) is 3.62. The van der Waals surface area contributed by atoms with E-state index in [1.54, 1.807) is 7.11 Å². The quantitative estimate of drug-likeness (QED) is 0.746. The fraction of sp³-hybridized carbons (Fsp3) is 0.167. The van der Waals surface area contributed by atoms with Crippen LogP contribution >= 0.6 is 15.9 Å². The Morgan fingerprint density at radius 3 is 2.64 bits per heavy atom. The van der Waals surface area contributed by atoms with Crippen LogP contribution in [0.5, 0.6) is 5.75 Å². The van der Waals surface area contributed by atoms with Crippen LogP contribution in [0.4, 0.5) is 0 Å². The molecule has 0 fully saturated rings. The Labute approximate surface area is 91.8 Å². The SMILES string of the molecule is COc1cccc2c(C)ccc(Br)c12. The minimum atomic E-state index is 0.915. The Bertz CT molecular complexity index is 477. The normalized spacial score (nSPS) is 10.5. The van der Waals surface area contributed by atoms with Crippen molar-refractivity contribution in [3.63, 3.8) is 0 Å². The van der Waals surface area contributed by atoms with Gasteiger partial charge >= 0.3 is 0 Å². The summed E-state index contributed by atoms with van der Waals surface area (Å²) in [6.07, 6.45) is 0. The predicted molar refractivity (Wildman–Crippen MR) is 62.9 cm³/mol. The molecule has 0 radical (unpaired) electrons. The number of halogens is 1. The van der Waals surface area contributed by atoms with Crippen molar-refractivity contribution in [1.82, 2.24) is 0 Å². The highest BCUT2D eigenvalue weighted by molar-refractivity contribution is 9.10. The van der Waals surface area contributed by atoms with Crippen LogP contribution in [0.2, 0.25) is 0 Å². The molecule has 0 saturated heterocycles. The number of hydrogen-bond donors (Lipinski definition) is 0. The second-order valence-electron chi connectivity index (χ2n) is 3.25. The molecule has 0 heterocycles. The summed E-state index contributed by atoms with van der Waals surface area (Å²) in [7, 11) is 1.70. The van der Waals surface area contributed by atoms with Crippen molar-refractivity contribution in [2.75, 3.05) is 7.11 Å². The summed E-state index contributed by atoms with van der Waals surface area (Å²) in [5.74, 6) is 0.915. The van der Waals surface area contributed by atoms with Crippen LogP contribution in [0.25, 0.3) is 10.8 Å². The van der Waals surface area contributed by atoms with Crippen LogP contribution in [0, 0.1) is 6.92 Å². The molecular formula is C12H11BrO. The molecule has 0 unspecified atom stereocenters. The largest absolute Gasteiger partial charge is 0.496 e. The molecule has 72 valence electrons. The fourth-order valence-electron chi connectivity index (χ4n) is 1.65. The molecule has 0 saturated carbocycles. The van der Waals surface area contributed by atoms with Gasteiger partial charge in [0.2, 0.25) is 0 Å². The average Bonchev–Trinajstić information content (AvgIpc) is 2.23. The topological polar surface area (TPSA) is 9.23 Å². The van der Waals surface area contributed by atoms with E-state index >= 15 is 0 Å². The maximum Gasteiger partial charge on any atom is 0.127 e. The lowest BCUT2D eigenvalue weighted by molar-refractivity contribution is 0.419. The number of aryl methyl sites for hydroxylation is 1. The predicted octanol–water partition coefficient (Wildman–Crippen LogP) is 3.92. The van der Waals surface area contributed by atoms with Crippen molar-refractivity contribution in [3.05, 3.63) is 40.4 Å². The molecule has 0 aliphatic carbocycles. The third-order valence-electron chi connectivity index (χ3n) is 2.39. The summed E-state index contributed by atoms with van der Waals surface area (Å²) >= 11 is 3.54. The minimum absolute atomic E-state index is 0.915. The van der Waals surface area contributed by atoms with Crippen molar-refractivity contribution in [3.8, 4) is 5.75 Å². The number of ether oxygens (including phenoxy) is 1. The fourth-order valence-corrected chi connectivity index (χ4v) is 2.19. The first-order chi connectivity index (χ1) is 6.74. The van der Waals surface area contributed by atoms with Crippen LogP contribution in [-0.4, -0.2) is 7.11 Å². The molecule has 2 aromatic carbocycles. The van der Waals surface area contributed by atoms with Crippen LogP contribution in [0.15, 0.2) is 34.8 Å².